The van der Waals surface area contributed by atoms with Gasteiger partial charge < -0.3 is 7.96 Å². The zero-order valence-electron chi connectivity index (χ0n) is 6.65. The van der Waals surface area contributed by atoms with E-state index in [1.807, 2.05) is 0 Å². The molecule has 0 aromatic heterocycles. The predicted octanol–water partition coefficient (Wildman–Crippen LogP) is -1.36. The van der Waals surface area contributed by atoms with Crippen molar-refractivity contribution < 1.29 is 25.1 Å². The van der Waals surface area contributed by atoms with Gasteiger partial charge in [0.15, 0.2) is 0 Å². The van der Waals surface area contributed by atoms with Gasteiger partial charge in [-0.25, -0.2) is 4.18 Å². The SMILES string of the molecule is O=S(=O)(O)OCCO.[Ba+2].[H-].[H-]. The summed E-state index contributed by atoms with van der Waals surface area (Å²) in [5, 5.41) is 7.93. The van der Waals surface area contributed by atoms with E-state index in [4.69, 9.17) is 9.66 Å². The fourth-order valence-corrected chi connectivity index (χ4v) is 0.428. The van der Waals surface area contributed by atoms with E-state index in [2.05, 4.69) is 4.18 Å². The van der Waals surface area contributed by atoms with E-state index in [1.54, 1.807) is 0 Å². The van der Waals surface area contributed by atoms with Crippen LogP contribution >= 0.6 is 0 Å². The standard InChI is InChI=1S/C2H6O5S.Ba.2H/c3-1-2-7-8(4,5)6;;;/h3H,1-2H2,(H,4,5,6);;;/q;+2;2*-1. The van der Waals surface area contributed by atoms with Crippen LogP contribution in [0.5, 0.6) is 0 Å². The van der Waals surface area contributed by atoms with Crippen LogP contribution < -0.4 is 0 Å². The maximum Gasteiger partial charge on any atom is 2.00 e. The summed E-state index contributed by atoms with van der Waals surface area (Å²) in [6.45, 7) is -0.835. The molecule has 0 aliphatic rings. The Hall–Kier alpha value is 1.40. The molecule has 5 nitrogen and oxygen atoms in total. The van der Waals surface area contributed by atoms with Crippen molar-refractivity contribution in [2.45, 2.75) is 0 Å². The van der Waals surface area contributed by atoms with Gasteiger partial charge >= 0.3 is 59.3 Å². The Bertz CT molecular complexity index is 147. The Morgan fingerprint density at radius 2 is 2.00 bits per heavy atom. The molecule has 0 aliphatic carbocycles. The zero-order valence-corrected chi connectivity index (χ0v) is 9.91. The molecule has 54 valence electrons. The average molecular weight is 281 g/mol. The minimum absolute atomic E-state index is 0. The van der Waals surface area contributed by atoms with E-state index in [9.17, 15) is 8.42 Å². The molecule has 0 bridgehead atoms. The Morgan fingerprint density at radius 3 is 2.11 bits per heavy atom. The molecule has 0 aliphatic heterocycles. The predicted molar refractivity (Wildman–Crippen MR) is 32.6 cm³/mol. The second-order valence-corrected chi connectivity index (χ2v) is 2.06. The Kier molecular flexibility index (Phi) is 8.88. The third-order valence-corrected chi connectivity index (χ3v) is 0.788. The molecule has 0 aromatic rings. The first-order chi connectivity index (χ1) is 3.56. The third kappa shape index (κ3) is 12.6. The number of hydrogen-bond acceptors (Lipinski definition) is 4. The molecule has 9 heavy (non-hydrogen) atoms. The first-order valence-electron chi connectivity index (χ1n) is 1.79. The zero-order chi connectivity index (χ0) is 6.62. The molecule has 0 spiro atoms. The molecule has 0 fully saturated rings. The number of aliphatic hydroxyl groups is 1. The first kappa shape index (κ1) is 13.0. The minimum Gasteiger partial charge on any atom is -1.00 e. The van der Waals surface area contributed by atoms with Gasteiger partial charge in [-0.3, -0.25) is 4.55 Å². The van der Waals surface area contributed by atoms with Gasteiger partial charge in [0, 0.05) is 0 Å². The Morgan fingerprint density at radius 1 is 1.56 bits per heavy atom. The molecule has 7 heteroatoms. The number of rotatable bonds is 3. The normalized spacial score (nSPS) is 10.4. The van der Waals surface area contributed by atoms with Gasteiger partial charge in [0.2, 0.25) is 0 Å². The second-order valence-electron chi connectivity index (χ2n) is 0.973. The van der Waals surface area contributed by atoms with Gasteiger partial charge in [-0.2, -0.15) is 8.42 Å². The van der Waals surface area contributed by atoms with Crippen molar-refractivity contribution in [3.05, 3.63) is 0 Å². The van der Waals surface area contributed by atoms with Gasteiger partial charge in [-0.1, -0.05) is 0 Å². The molecule has 0 radical (unpaired) electrons. The second kappa shape index (κ2) is 6.13. The van der Waals surface area contributed by atoms with Crippen LogP contribution in [0.4, 0.5) is 0 Å². The molecule has 2 N–H and O–H groups in total. The van der Waals surface area contributed by atoms with Gasteiger partial charge in [0.25, 0.3) is 0 Å². The van der Waals surface area contributed by atoms with Crippen LogP contribution in [-0.2, 0) is 14.6 Å². The van der Waals surface area contributed by atoms with Gasteiger partial charge in [0.05, 0.1) is 13.2 Å². The smallest absolute Gasteiger partial charge is 1.00 e. The number of aliphatic hydroxyl groups excluding tert-OH is 1. The van der Waals surface area contributed by atoms with Crippen molar-refractivity contribution >= 4 is 59.3 Å². The molecule has 0 aromatic carbocycles. The van der Waals surface area contributed by atoms with Crippen LogP contribution in [0, 0.1) is 0 Å². The molecule has 0 atom stereocenters. The molecular formula is C2H8BaO5S. The first-order valence-corrected chi connectivity index (χ1v) is 3.15. The topological polar surface area (TPSA) is 83.8 Å². The summed E-state index contributed by atoms with van der Waals surface area (Å²) in [7, 11) is -4.35. The summed E-state index contributed by atoms with van der Waals surface area (Å²) in [6.07, 6.45) is 0. The third-order valence-electron chi connectivity index (χ3n) is 0.324. The molecule has 0 amide bonds. The van der Waals surface area contributed by atoms with Crippen LogP contribution in [-0.4, -0.2) is 80.2 Å². The fraction of sp³-hybridized carbons (Fsp3) is 1.00. The maximum atomic E-state index is 9.61. The van der Waals surface area contributed by atoms with Gasteiger partial charge in [0.1, 0.15) is 0 Å². The quantitative estimate of drug-likeness (QED) is 0.493. The van der Waals surface area contributed by atoms with E-state index >= 15 is 0 Å². The largest absolute Gasteiger partial charge is 2.00 e. The summed E-state index contributed by atoms with van der Waals surface area (Å²) in [5.74, 6) is 0. The molecule has 0 heterocycles. The van der Waals surface area contributed by atoms with E-state index in [1.165, 1.54) is 0 Å². The molecule has 0 rings (SSSR count). The molecule has 0 saturated carbocycles. The summed E-state index contributed by atoms with van der Waals surface area (Å²) in [4.78, 5) is 0. The molecule has 0 saturated heterocycles. The maximum absolute atomic E-state index is 9.61. The van der Waals surface area contributed by atoms with Crippen molar-refractivity contribution in [3.63, 3.8) is 0 Å². The average Bonchev–Trinajstić information content (AvgIpc) is 1.59. The van der Waals surface area contributed by atoms with Gasteiger partial charge in [-0.15, -0.1) is 0 Å². The van der Waals surface area contributed by atoms with Crippen molar-refractivity contribution in [1.29, 1.82) is 0 Å². The number of hydrogen-bond donors (Lipinski definition) is 2. The van der Waals surface area contributed by atoms with E-state index in [-0.39, 0.29) is 51.7 Å². The van der Waals surface area contributed by atoms with Crippen LogP contribution in [0.2, 0.25) is 0 Å². The summed E-state index contributed by atoms with van der Waals surface area (Å²) < 4.78 is 30.7. The van der Waals surface area contributed by atoms with Crippen molar-refractivity contribution in [2.75, 3.05) is 13.2 Å². The Balaban J connectivity index is -0.0000000817. The van der Waals surface area contributed by atoms with Crippen LogP contribution in [0.15, 0.2) is 0 Å². The summed E-state index contributed by atoms with van der Waals surface area (Å²) >= 11 is 0. The molecular weight excluding hydrogens is 273 g/mol. The van der Waals surface area contributed by atoms with Crippen molar-refractivity contribution in [2.24, 2.45) is 0 Å². The van der Waals surface area contributed by atoms with E-state index in [0.29, 0.717) is 0 Å². The Labute approximate surface area is 96.4 Å². The van der Waals surface area contributed by atoms with Gasteiger partial charge in [-0.05, 0) is 0 Å². The van der Waals surface area contributed by atoms with Crippen LogP contribution in [0.3, 0.4) is 0 Å². The summed E-state index contributed by atoms with van der Waals surface area (Å²) in [6, 6.07) is 0. The van der Waals surface area contributed by atoms with E-state index < -0.39 is 23.6 Å². The van der Waals surface area contributed by atoms with E-state index in [0.717, 1.165) is 0 Å². The molecule has 0 unspecified atom stereocenters. The summed E-state index contributed by atoms with van der Waals surface area (Å²) in [5.41, 5.74) is 0. The minimum atomic E-state index is -4.35. The van der Waals surface area contributed by atoms with Crippen molar-refractivity contribution in [3.8, 4) is 0 Å². The monoisotopic (exact) mass is 282 g/mol. The van der Waals surface area contributed by atoms with Crippen LogP contribution in [0.1, 0.15) is 2.85 Å². The van der Waals surface area contributed by atoms with Crippen molar-refractivity contribution in [1.82, 2.24) is 0 Å². The fourth-order valence-electron chi connectivity index (χ4n) is 0.143. The van der Waals surface area contributed by atoms with Crippen LogP contribution in [0.25, 0.3) is 0 Å².